The third kappa shape index (κ3) is 7.43. The number of hydrogen-bond acceptors (Lipinski definition) is 3. The molecule has 0 radical (unpaired) electrons. The van der Waals surface area contributed by atoms with Crippen molar-refractivity contribution in [2.24, 2.45) is 0 Å². The van der Waals surface area contributed by atoms with E-state index in [9.17, 15) is 9.59 Å². The second kappa shape index (κ2) is 7.43. The second-order valence-electron chi connectivity index (χ2n) is 1.18. The maximum absolute atomic E-state index is 10.2. The molecule has 0 rings (SSSR count). The standard InChI is InChI=1S/C5H8O3.ClH/c1-2-8-5(7)3-4-6;/h4H,2-3H2,1H3;1H. The van der Waals surface area contributed by atoms with Crippen LogP contribution in [-0.2, 0) is 14.3 Å². The summed E-state index contributed by atoms with van der Waals surface area (Å²) in [5, 5.41) is 0. The largest absolute Gasteiger partial charge is 0.466 e. The van der Waals surface area contributed by atoms with Gasteiger partial charge in [0.1, 0.15) is 12.7 Å². The Morgan fingerprint density at radius 3 is 2.56 bits per heavy atom. The van der Waals surface area contributed by atoms with Crippen molar-refractivity contribution in [2.45, 2.75) is 13.3 Å². The zero-order valence-electron chi connectivity index (χ0n) is 5.12. The highest BCUT2D eigenvalue weighted by Gasteiger charge is 1.95. The Balaban J connectivity index is 0. The molecule has 4 heteroatoms. The average Bonchev–Trinajstić information content (AvgIpc) is 1.68. The summed E-state index contributed by atoms with van der Waals surface area (Å²) in [5.41, 5.74) is 0. The number of ether oxygens (including phenoxy) is 1. The SMILES string of the molecule is CCOC(=O)CC=O.Cl. The van der Waals surface area contributed by atoms with E-state index < -0.39 is 5.97 Å². The lowest BCUT2D eigenvalue weighted by atomic mass is 10.5. The molecule has 54 valence electrons. The molecule has 0 heterocycles. The predicted octanol–water partition coefficient (Wildman–Crippen LogP) is 0.560. The van der Waals surface area contributed by atoms with Crippen LogP contribution < -0.4 is 0 Å². The molecular weight excluding hydrogens is 144 g/mol. The molecule has 0 aromatic carbocycles. The van der Waals surface area contributed by atoms with E-state index in [0.717, 1.165) is 0 Å². The molecule has 0 aromatic heterocycles. The van der Waals surface area contributed by atoms with Gasteiger partial charge in [-0.3, -0.25) is 4.79 Å². The molecule has 3 nitrogen and oxygen atoms in total. The fourth-order valence-corrected chi connectivity index (χ4v) is 0.288. The zero-order valence-corrected chi connectivity index (χ0v) is 5.94. The summed E-state index contributed by atoms with van der Waals surface area (Å²) in [6, 6.07) is 0. The van der Waals surface area contributed by atoms with Gasteiger partial charge in [-0.05, 0) is 6.92 Å². The summed E-state index contributed by atoms with van der Waals surface area (Å²) >= 11 is 0. The molecular formula is C5H9ClO3. The molecule has 0 atom stereocenters. The van der Waals surface area contributed by atoms with Gasteiger partial charge in [-0.25, -0.2) is 0 Å². The third-order valence-electron chi connectivity index (χ3n) is 0.555. The minimum atomic E-state index is -0.456. The van der Waals surface area contributed by atoms with Crippen LogP contribution in [0, 0.1) is 0 Å². The number of esters is 1. The van der Waals surface area contributed by atoms with Crippen LogP contribution in [-0.4, -0.2) is 18.9 Å². The Bertz CT molecular complexity index is 92.2. The van der Waals surface area contributed by atoms with Crippen molar-refractivity contribution in [3.8, 4) is 0 Å². The summed E-state index contributed by atoms with van der Waals surface area (Å²) in [7, 11) is 0. The van der Waals surface area contributed by atoms with E-state index in [2.05, 4.69) is 4.74 Å². The van der Waals surface area contributed by atoms with Crippen LogP contribution in [0.3, 0.4) is 0 Å². The van der Waals surface area contributed by atoms with Gasteiger partial charge in [0.15, 0.2) is 0 Å². The molecule has 0 fully saturated rings. The molecule has 0 N–H and O–H groups in total. The van der Waals surface area contributed by atoms with Crippen LogP contribution in [0.25, 0.3) is 0 Å². The van der Waals surface area contributed by atoms with Crippen LogP contribution in [0.4, 0.5) is 0 Å². The number of aldehydes is 1. The molecule has 0 saturated heterocycles. The molecule has 0 aliphatic rings. The van der Waals surface area contributed by atoms with E-state index in [1.54, 1.807) is 6.92 Å². The van der Waals surface area contributed by atoms with Gasteiger partial charge in [0.05, 0.1) is 6.61 Å². The summed E-state index contributed by atoms with van der Waals surface area (Å²) in [6.07, 6.45) is 0.395. The fourth-order valence-electron chi connectivity index (χ4n) is 0.288. The van der Waals surface area contributed by atoms with Gasteiger partial charge in [0, 0.05) is 0 Å². The van der Waals surface area contributed by atoms with Gasteiger partial charge in [0.25, 0.3) is 0 Å². The number of hydrogen-bond donors (Lipinski definition) is 0. The van der Waals surface area contributed by atoms with Crippen LogP contribution in [0.2, 0.25) is 0 Å². The van der Waals surface area contributed by atoms with Crippen molar-refractivity contribution in [2.75, 3.05) is 6.61 Å². The maximum atomic E-state index is 10.2. The second-order valence-corrected chi connectivity index (χ2v) is 1.18. The van der Waals surface area contributed by atoms with Gasteiger partial charge < -0.3 is 9.53 Å². The van der Waals surface area contributed by atoms with Crippen LogP contribution in [0.5, 0.6) is 0 Å². The molecule has 0 aliphatic heterocycles. The Morgan fingerprint density at radius 2 is 2.22 bits per heavy atom. The average molecular weight is 153 g/mol. The molecule has 0 saturated carbocycles. The first-order chi connectivity index (χ1) is 3.81. The zero-order chi connectivity index (χ0) is 6.41. The third-order valence-corrected chi connectivity index (χ3v) is 0.555. The fraction of sp³-hybridized carbons (Fsp3) is 0.600. The minimum absolute atomic E-state index is 0. The number of carbonyl (C=O) groups is 2. The quantitative estimate of drug-likeness (QED) is 0.337. The number of halogens is 1. The first-order valence-corrected chi connectivity index (χ1v) is 2.40. The molecule has 0 aliphatic carbocycles. The minimum Gasteiger partial charge on any atom is -0.466 e. The van der Waals surface area contributed by atoms with Crippen molar-refractivity contribution >= 4 is 24.7 Å². The maximum Gasteiger partial charge on any atom is 0.312 e. The molecule has 0 bridgehead atoms. The summed E-state index contributed by atoms with van der Waals surface area (Å²) in [4.78, 5) is 19.8. The summed E-state index contributed by atoms with van der Waals surface area (Å²) < 4.78 is 4.41. The Hall–Kier alpha value is -0.570. The van der Waals surface area contributed by atoms with Gasteiger partial charge >= 0.3 is 5.97 Å². The summed E-state index contributed by atoms with van der Waals surface area (Å²) in [6.45, 7) is 2.04. The van der Waals surface area contributed by atoms with Gasteiger partial charge in [-0.1, -0.05) is 0 Å². The monoisotopic (exact) mass is 152 g/mol. The number of carbonyl (C=O) groups excluding carboxylic acids is 2. The van der Waals surface area contributed by atoms with Crippen LogP contribution in [0.15, 0.2) is 0 Å². The summed E-state index contributed by atoms with van der Waals surface area (Å²) in [5.74, 6) is -0.456. The molecule has 0 spiro atoms. The van der Waals surface area contributed by atoms with Crippen molar-refractivity contribution in [1.82, 2.24) is 0 Å². The molecule has 9 heavy (non-hydrogen) atoms. The number of rotatable bonds is 3. The normalized spacial score (nSPS) is 7.22. The van der Waals surface area contributed by atoms with Crippen molar-refractivity contribution in [3.05, 3.63) is 0 Å². The van der Waals surface area contributed by atoms with Crippen LogP contribution >= 0.6 is 12.4 Å². The first-order valence-electron chi connectivity index (χ1n) is 2.40. The van der Waals surface area contributed by atoms with Gasteiger partial charge in [-0.2, -0.15) is 0 Å². The van der Waals surface area contributed by atoms with E-state index >= 15 is 0 Å². The van der Waals surface area contributed by atoms with E-state index in [4.69, 9.17) is 0 Å². The first kappa shape index (κ1) is 11.3. The highest BCUT2D eigenvalue weighted by Crippen LogP contribution is 1.79. The Morgan fingerprint density at radius 1 is 1.67 bits per heavy atom. The van der Waals surface area contributed by atoms with Crippen molar-refractivity contribution in [1.29, 1.82) is 0 Å². The predicted molar refractivity (Wildman–Crippen MR) is 34.6 cm³/mol. The molecule has 0 aromatic rings. The topological polar surface area (TPSA) is 43.4 Å². The van der Waals surface area contributed by atoms with Gasteiger partial charge in [0.2, 0.25) is 0 Å². The smallest absolute Gasteiger partial charge is 0.312 e. The van der Waals surface area contributed by atoms with E-state index in [0.29, 0.717) is 12.9 Å². The molecule has 0 amide bonds. The van der Waals surface area contributed by atoms with Crippen molar-refractivity contribution in [3.63, 3.8) is 0 Å². The van der Waals surface area contributed by atoms with E-state index in [1.807, 2.05) is 0 Å². The van der Waals surface area contributed by atoms with Crippen molar-refractivity contribution < 1.29 is 14.3 Å². The molecule has 0 unspecified atom stereocenters. The van der Waals surface area contributed by atoms with E-state index in [1.165, 1.54) is 0 Å². The highest BCUT2D eigenvalue weighted by atomic mass is 35.5. The van der Waals surface area contributed by atoms with Crippen LogP contribution in [0.1, 0.15) is 13.3 Å². The lowest BCUT2D eigenvalue weighted by molar-refractivity contribution is -0.143. The Kier molecular flexibility index (Phi) is 9.29. The lowest BCUT2D eigenvalue weighted by Crippen LogP contribution is -2.03. The lowest BCUT2D eigenvalue weighted by Gasteiger charge is -1.93. The van der Waals surface area contributed by atoms with E-state index in [-0.39, 0.29) is 18.8 Å². The van der Waals surface area contributed by atoms with Gasteiger partial charge in [-0.15, -0.1) is 12.4 Å². The Labute approximate surface area is 59.8 Å². The highest BCUT2D eigenvalue weighted by molar-refractivity contribution is 5.85.